The van der Waals surface area contributed by atoms with E-state index in [0.717, 1.165) is 53.5 Å². The van der Waals surface area contributed by atoms with Crippen LogP contribution in [0.4, 0.5) is 4.39 Å². The number of hydrogen-bond acceptors (Lipinski definition) is 5. The van der Waals surface area contributed by atoms with Crippen molar-refractivity contribution in [1.29, 1.82) is 0 Å². The molecule has 1 heterocycles. The lowest BCUT2D eigenvalue weighted by Gasteiger charge is -2.16. The van der Waals surface area contributed by atoms with Crippen molar-refractivity contribution in [3.05, 3.63) is 51.5 Å². The summed E-state index contributed by atoms with van der Waals surface area (Å²) in [7, 11) is -3.93. The molecule has 1 saturated carbocycles. The Morgan fingerprint density at radius 1 is 1.07 bits per heavy atom. The van der Waals surface area contributed by atoms with Gasteiger partial charge in [-0.05, 0) is 79.2 Å². The largest absolute Gasteiger partial charge is 0.453 e. The van der Waals surface area contributed by atoms with Crippen LogP contribution in [0.15, 0.2) is 21.8 Å². The van der Waals surface area contributed by atoms with Gasteiger partial charge in [-0.25, -0.2) is 12.8 Å². The van der Waals surface area contributed by atoms with Crippen LogP contribution in [0.1, 0.15) is 59.1 Å². The summed E-state index contributed by atoms with van der Waals surface area (Å²) in [6.07, 6.45) is 7.02. The Balaban J connectivity index is 1.40. The van der Waals surface area contributed by atoms with Gasteiger partial charge in [-0.1, -0.05) is 0 Å². The second kappa shape index (κ2) is 6.51. The van der Waals surface area contributed by atoms with Crippen LogP contribution in [0, 0.1) is 5.82 Å². The minimum absolute atomic E-state index is 0.0156. The average Bonchev–Trinajstić information content (AvgIpc) is 3.17. The van der Waals surface area contributed by atoms with Crippen LogP contribution in [0.2, 0.25) is 0 Å². The maximum absolute atomic E-state index is 14.8. The lowest BCUT2D eigenvalue weighted by molar-refractivity contribution is -0.116. The van der Waals surface area contributed by atoms with Gasteiger partial charge in [0.25, 0.3) is 0 Å². The van der Waals surface area contributed by atoms with E-state index in [-0.39, 0.29) is 17.3 Å². The smallest absolute Gasteiger partial charge is 0.218 e. The van der Waals surface area contributed by atoms with Crippen molar-refractivity contribution in [2.45, 2.75) is 68.5 Å². The fourth-order valence-corrected chi connectivity index (χ4v) is 6.05. The normalized spacial score (nSPS) is 19.2. The zero-order valence-corrected chi connectivity index (χ0v) is 16.9. The first-order valence-corrected chi connectivity index (χ1v) is 11.8. The topological polar surface area (TPSA) is 84.6 Å². The van der Waals surface area contributed by atoms with E-state index in [1.165, 1.54) is 12.3 Å². The molecule has 5 rings (SSSR count). The molecule has 1 N–H and O–H groups in total. The van der Waals surface area contributed by atoms with Gasteiger partial charge >= 0.3 is 0 Å². The first kappa shape index (κ1) is 19.0. The van der Waals surface area contributed by atoms with Gasteiger partial charge < -0.3 is 9.52 Å². The summed E-state index contributed by atoms with van der Waals surface area (Å²) in [5.41, 5.74) is 3.61. The Bertz CT molecular complexity index is 1090. The van der Waals surface area contributed by atoms with E-state index in [4.69, 9.17) is 4.42 Å². The predicted molar refractivity (Wildman–Crippen MR) is 103 cm³/mol. The molecule has 0 unspecified atom stereocenters. The molecule has 0 radical (unpaired) electrons. The molecule has 1 aromatic carbocycles. The molecular weight excluding hydrogens is 395 g/mol. The van der Waals surface area contributed by atoms with Crippen molar-refractivity contribution < 1.29 is 27.1 Å². The van der Waals surface area contributed by atoms with Crippen molar-refractivity contribution in [3.63, 3.8) is 0 Å². The Labute approximate surface area is 168 Å². The lowest BCUT2D eigenvalue weighted by Crippen LogP contribution is -2.19. The third-order valence-electron chi connectivity index (χ3n) is 6.56. The van der Waals surface area contributed by atoms with Crippen molar-refractivity contribution in [2.75, 3.05) is 5.75 Å². The zero-order valence-electron chi connectivity index (χ0n) is 16.1. The van der Waals surface area contributed by atoms with E-state index in [9.17, 15) is 22.7 Å². The number of carbonyl (C=O) groups excluding carboxylic acids is 1. The molecule has 0 amide bonds. The van der Waals surface area contributed by atoms with Crippen LogP contribution < -0.4 is 0 Å². The Hall–Kier alpha value is -1.99. The molecule has 29 heavy (non-hydrogen) atoms. The number of fused-ring (bicyclic) bond motifs is 2. The minimum atomic E-state index is -3.93. The molecule has 0 saturated heterocycles. The summed E-state index contributed by atoms with van der Waals surface area (Å²) in [6.45, 7) is 0. The fraction of sp³-hybridized carbons (Fsp3) is 0.500. The second-order valence-electron chi connectivity index (χ2n) is 8.57. The van der Waals surface area contributed by atoms with Crippen molar-refractivity contribution in [3.8, 4) is 0 Å². The van der Waals surface area contributed by atoms with Gasteiger partial charge in [0.15, 0.2) is 5.78 Å². The monoisotopic (exact) mass is 418 g/mol. The lowest BCUT2D eigenvalue weighted by atomic mass is 9.90. The number of sulfone groups is 1. The number of halogens is 1. The first-order valence-electron chi connectivity index (χ1n) is 10.2. The average molecular weight is 418 g/mol. The van der Waals surface area contributed by atoms with Gasteiger partial charge in [0.2, 0.25) is 14.9 Å². The van der Waals surface area contributed by atoms with Gasteiger partial charge in [-0.3, -0.25) is 4.79 Å². The standard InChI is InChI=1S/C22H23FO5S/c23-21-17-5-1-3-15(17)19(16-4-2-6-18(16)21)10-14(24)12-29(26,27)20-9-13(11-28-20)22(25)7-8-22/h9,11,25H,1-8,10,12H2. The number of rotatable bonds is 6. The number of aliphatic hydroxyl groups is 1. The van der Waals surface area contributed by atoms with Gasteiger partial charge in [0.05, 0.1) is 11.9 Å². The molecule has 154 valence electrons. The van der Waals surface area contributed by atoms with Gasteiger partial charge in [-0.15, -0.1) is 0 Å². The van der Waals surface area contributed by atoms with E-state index in [1.807, 2.05) is 0 Å². The van der Waals surface area contributed by atoms with E-state index in [2.05, 4.69) is 0 Å². The van der Waals surface area contributed by atoms with Crippen LogP contribution in [0.3, 0.4) is 0 Å². The molecule has 5 nitrogen and oxygen atoms in total. The number of furan rings is 1. The van der Waals surface area contributed by atoms with E-state index >= 15 is 0 Å². The first-order chi connectivity index (χ1) is 13.8. The number of Topliss-reactive ketones (excluding diaryl/α,β-unsaturated/α-hetero) is 1. The van der Waals surface area contributed by atoms with Crippen LogP contribution >= 0.6 is 0 Å². The maximum atomic E-state index is 14.8. The molecule has 0 aliphatic heterocycles. The third-order valence-corrected chi connectivity index (χ3v) is 8.09. The Morgan fingerprint density at radius 3 is 2.24 bits per heavy atom. The summed E-state index contributed by atoms with van der Waals surface area (Å²) in [4.78, 5) is 12.7. The summed E-state index contributed by atoms with van der Waals surface area (Å²) < 4.78 is 45.3. The molecule has 0 bridgehead atoms. The molecule has 0 atom stereocenters. The highest BCUT2D eigenvalue weighted by Crippen LogP contribution is 2.46. The number of benzene rings is 1. The van der Waals surface area contributed by atoms with E-state index in [1.54, 1.807) is 0 Å². The number of ketones is 1. The molecule has 0 spiro atoms. The van der Waals surface area contributed by atoms with Crippen LogP contribution in [0.5, 0.6) is 0 Å². The van der Waals surface area contributed by atoms with Gasteiger partial charge in [0, 0.05) is 18.1 Å². The van der Waals surface area contributed by atoms with Crippen LogP contribution in [-0.2, 0) is 52.3 Å². The van der Waals surface area contributed by atoms with Gasteiger partial charge in [0.1, 0.15) is 11.6 Å². The van der Waals surface area contributed by atoms with Crippen molar-refractivity contribution in [2.24, 2.45) is 0 Å². The Morgan fingerprint density at radius 2 is 1.66 bits per heavy atom. The summed E-state index contributed by atoms with van der Waals surface area (Å²) in [6, 6.07) is 1.32. The van der Waals surface area contributed by atoms with E-state index in [0.29, 0.717) is 31.2 Å². The van der Waals surface area contributed by atoms with Gasteiger partial charge in [-0.2, -0.15) is 0 Å². The van der Waals surface area contributed by atoms with Crippen LogP contribution in [-0.4, -0.2) is 25.1 Å². The predicted octanol–water partition coefficient (Wildman–Crippen LogP) is 2.96. The molecule has 2 aromatic rings. The second-order valence-corrected chi connectivity index (χ2v) is 10.5. The number of carbonyl (C=O) groups is 1. The molecule has 7 heteroatoms. The third kappa shape index (κ3) is 3.15. The highest BCUT2D eigenvalue weighted by atomic mass is 32.2. The molecule has 3 aliphatic carbocycles. The van der Waals surface area contributed by atoms with Crippen molar-refractivity contribution in [1.82, 2.24) is 0 Å². The molecule has 1 aromatic heterocycles. The quantitative estimate of drug-likeness (QED) is 0.780. The summed E-state index contributed by atoms with van der Waals surface area (Å²) in [5.74, 6) is -1.17. The summed E-state index contributed by atoms with van der Waals surface area (Å²) in [5, 5.41) is 9.82. The summed E-state index contributed by atoms with van der Waals surface area (Å²) >= 11 is 0. The van der Waals surface area contributed by atoms with Crippen LogP contribution in [0.25, 0.3) is 0 Å². The number of hydrogen-bond donors (Lipinski definition) is 1. The molecular formula is C22H23FO5S. The fourth-order valence-electron chi connectivity index (χ4n) is 4.88. The zero-order chi connectivity index (χ0) is 20.4. The molecule has 3 aliphatic rings. The SMILES string of the molecule is O=C(Cc1c2c(c(F)c3c1CCC3)CCC2)CS(=O)(=O)c1cc(C2(O)CC2)co1. The molecule has 1 fully saturated rings. The van der Waals surface area contributed by atoms with E-state index < -0.39 is 27.0 Å². The Kier molecular flexibility index (Phi) is 4.26. The minimum Gasteiger partial charge on any atom is -0.453 e. The highest BCUT2D eigenvalue weighted by molar-refractivity contribution is 7.92. The van der Waals surface area contributed by atoms with Crippen molar-refractivity contribution >= 4 is 15.6 Å². The highest BCUT2D eigenvalue weighted by Gasteiger charge is 2.44. The maximum Gasteiger partial charge on any atom is 0.218 e.